The Morgan fingerprint density at radius 3 is 2.62 bits per heavy atom. The lowest BCUT2D eigenvalue weighted by molar-refractivity contribution is -0.149. The van der Waals surface area contributed by atoms with Crippen molar-refractivity contribution in [1.29, 1.82) is 0 Å². The Labute approximate surface area is 124 Å². The van der Waals surface area contributed by atoms with Gasteiger partial charge >= 0.3 is 18.0 Å². The fourth-order valence-electron chi connectivity index (χ4n) is 2.10. The molecule has 1 unspecified atom stereocenters. The van der Waals surface area contributed by atoms with Crippen molar-refractivity contribution in [2.75, 3.05) is 26.2 Å². The van der Waals surface area contributed by atoms with Gasteiger partial charge in [0.1, 0.15) is 0 Å². The van der Waals surface area contributed by atoms with Crippen molar-refractivity contribution in [1.82, 2.24) is 10.2 Å². The molecule has 0 aliphatic carbocycles. The number of nitrogens with one attached hydrogen (secondary N) is 1. The molecular weight excluding hydrogens is 276 g/mol. The summed E-state index contributed by atoms with van der Waals surface area (Å²) in [6, 6.07) is -0.335. The largest absolute Gasteiger partial charge is 0.481 e. The number of amides is 2. The van der Waals surface area contributed by atoms with Gasteiger partial charge in [0.2, 0.25) is 0 Å². The van der Waals surface area contributed by atoms with Gasteiger partial charge in [-0.2, -0.15) is 0 Å². The van der Waals surface area contributed by atoms with E-state index in [0.29, 0.717) is 26.1 Å². The van der Waals surface area contributed by atoms with Crippen LogP contribution in [0.15, 0.2) is 0 Å². The van der Waals surface area contributed by atoms with Crippen LogP contribution in [0, 0.1) is 11.3 Å². The lowest BCUT2D eigenvalue weighted by atomic mass is 9.94. The molecule has 1 rings (SSSR count). The number of carbonyl (C=O) groups excluding carboxylic acids is 2. The number of ether oxygens (including phenoxy) is 1. The van der Waals surface area contributed by atoms with Crippen molar-refractivity contribution < 1.29 is 24.2 Å². The maximum absolute atomic E-state index is 12.1. The van der Waals surface area contributed by atoms with E-state index >= 15 is 0 Å². The zero-order chi connectivity index (χ0) is 16.0. The number of carboxylic acids is 1. The number of carboxylic acid groups (broad SMARTS) is 1. The predicted octanol–water partition coefficient (Wildman–Crippen LogP) is 1.08. The van der Waals surface area contributed by atoms with Gasteiger partial charge in [-0.3, -0.25) is 9.59 Å². The van der Waals surface area contributed by atoms with Gasteiger partial charge in [-0.25, -0.2) is 4.79 Å². The van der Waals surface area contributed by atoms with Crippen molar-refractivity contribution >= 4 is 18.0 Å². The van der Waals surface area contributed by atoms with Crippen molar-refractivity contribution in [3.8, 4) is 0 Å². The second kappa shape index (κ2) is 7.28. The Morgan fingerprint density at radius 1 is 1.38 bits per heavy atom. The first-order valence-electron chi connectivity index (χ1n) is 7.20. The number of aliphatic carboxylic acids is 1. The summed E-state index contributed by atoms with van der Waals surface area (Å²) in [5.41, 5.74) is -1.02. The zero-order valence-electron chi connectivity index (χ0n) is 12.8. The number of urea groups is 1. The van der Waals surface area contributed by atoms with Crippen LogP contribution in [0.2, 0.25) is 0 Å². The molecule has 7 heteroatoms. The Kier molecular flexibility index (Phi) is 5.99. The van der Waals surface area contributed by atoms with Gasteiger partial charge in [-0.15, -0.1) is 0 Å². The molecule has 1 heterocycles. The smallest absolute Gasteiger partial charge is 0.317 e. The summed E-state index contributed by atoms with van der Waals surface area (Å²) in [4.78, 5) is 36.3. The lowest BCUT2D eigenvalue weighted by Crippen LogP contribution is -2.50. The topological polar surface area (TPSA) is 95.9 Å². The van der Waals surface area contributed by atoms with Crippen LogP contribution in [-0.2, 0) is 14.3 Å². The molecule has 1 aliphatic rings. The van der Waals surface area contributed by atoms with Crippen LogP contribution < -0.4 is 5.32 Å². The van der Waals surface area contributed by atoms with Crippen LogP contribution >= 0.6 is 0 Å². The molecule has 21 heavy (non-hydrogen) atoms. The summed E-state index contributed by atoms with van der Waals surface area (Å²) < 4.78 is 4.98. The SMILES string of the molecule is CCOC(=O)C1CCCN(C(=O)NCC(C)(C)C(=O)O)C1. The summed E-state index contributed by atoms with van der Waals surface area (Å²) in [6.07, 6.45) is 1.45. The minimum Gasteiger partial charge on any atom is -0.481 e. The number of hydrogen-bond donors (Lipinski definition) is 2. The maximum atomic E-state index is 12.1. The third-order valence-corrected chi connectivity index (χ3v) is 3.59. The summed E-state index contributed by atoms with van der Waals surface area (Å²) in [7, 11) is 0. The standard InChI is InChI=1S/C14H24N2O5/c1-4-21-11(17)10-6-5-7-16(8-10)13(20)15-9-14(2,3)12(18)19/h10H,4-9H2,1-3H3,(H,15,20)(H,18,19). The molecule has 0 saturated carbocycles. The minimum atomic E-state index is -1.02. The monoisotopic (exact) mass is 300 g/mol. The number of esters is 1. The fourth-order valence-corrected chi connectivity index (χ4v) is 2.10. The molecule has 2 N–H and O–H groups in total. The van der Waals surface area contributed by atoms with Crippen LogP contribution in [-0.4, -0.2) is 54.2 Å². The lowest BCUT2D eigenvalue weighted by Gasteiger charge is -2.32. The molecule has 0 aromatic rings. The number of piperidine rings is 1. The van der Waals surface area contributed by atoms with Crippen LogP contribution in [0.5, 0.6) is 0 Å². The highest BCUT2D eigenvalue weighted by Crippen LogP contribution is 2.18. The van der Waals surface area contributed by atoms with E-state index < -0.39 is 11.4 Å². The fraction of sp³-hybridized carbons (Fsp3) is 0.786. The van der Waals surface area contributed by atoms with E-state index in [-0.39, 0.29) is 24.5 Å². The minimum absolute atomic E-state index is 0.0434. The summed E-state index contributed by atoms with van der Waals surface area (Å²) in [5, 5.41) is 11.6. The number of likely N-dealkylation sites (tertiary alicyclic amines) is 1. The van der Waals surface area contributed by atoms with Crippen LogP contribution in [0.1, 0.15) is 33.6 Å². The van der Waals surface area contributed by atoms with Gasteiger partial charge in [-0.05, 0) is 33.6 Å². The first-order chi connectivity index (χ1) is 9.77. The summed E-state index contributed by atoms with van der Waals surface area (Å²) in [5.74, 6) is -1.54. The van der Waals surface area contributed by atoms with Crippen LogP contribution in [0.4, 0.5) is 4.79 Å². The Balaban J connectivity index is 2.51. The summed E-state index contributed by atoms with van der Waals surface area (Å²) >= 11 is 0. The molecule has 1 atom stereocenters. The molecule has 0 radical (unpaired) electrons. The first kappa shape index (κ1) is 17.3. The van der Waals surface area contributed by atoms with Crippen LogP contribution in [0.25, 0.3) is 0 Å². The average Bonchev–Trinajstić information content (AvgIpc) is 2.45. The highest BCUT2D eigenvalue weighted by atomic mass is 16.5. The Bertz CT molecular complexity index is 408. The number of carbonyl (C=O) groups is 3. The molecule has 0 spiro atoms. The number of hydrogen-bond acceptors (Lipinski definition) is 4. The molecule has 1 aliphatic heterocycles. The van der Waals surface area contributed by atoms with Gasteiger partial charge in [0.15, 0.2) is 0 Å². The highest BCUT2D eigenvalue weighted by Gasteiger charge is 2.31. The van der Waals surface area contributed by atoms with Gasteiger partial charge in [0.25, 0.3) is 0 Å². The zero-order valence-corrected chi connectivity index (χ0v) is 12.8. The maximum Gasteiger partial charge on any atom is 0.317 e. The molecule has 7 nitrogen and oxygen atoms in total. The Hall–Kier alpha value is -1.79. The van der Waals surface area contributed by atoms with Crippen LogP contribution in [0.3, 0.4) is 0 Å². The second-order valence-electron chi connectivity index (χ2n) is 5.88. The van der Waals surface area contributed by atoms with E-state index in [9.17, 15) is 14.4 Å². The predicted molar refractivity (Wildman–Crippen MR) is 75.7 cm³/mol. The molecule has 0 aromatic heterocycles. The van der Waals surface area contributed by atoms with E-state index in [1.54, 1.807) is 25.7 Å². The summed E-state index contributed by atoms with van der Waals surface area (Å²) in [6.45, 7) is 6.10. The van der Waals surface area contributed by atoms with Gasteiger partial charge in [0, 0.05) is 19.6 Å². The van der Waals surface area contributed by atoms with E-state index in [4.69, 9.17) is 9.84 Å². The van der Waals surface area contributed by atoms with E-state index in [1.807, 2.05) is 0 Å². The molecule has 0 bridgehead atoms. The number of rotatable bonds is 5. The quantitative estimate of drug-likeness (QED) is 0.741. The second-order valence-corrected chi connectivity index (χ2v) is 5.88. The molecule has 1 saturated heterocycles. The van der Waals surface area contributed by atoms with E-state index in [0.717, 1.165) is 6.42 Å². The third-order valence-electron chi connectivity index (χ3n) is 3.59. The highest BCUT2D eigenvalue weighted by molar-refractivity contribution is 5.79. The molecule has 0 aromatic carbocycles. The molecule has 2 amide bonds. The molecule has 120 valence electrons. The first-order valence-corrected chi connectivity index (χ1v) is 7.20. The number of nitrogens with zero attached hydrogens (tertiary/aromatic N) is 1. The van der Waals surface area contributed by atoms with E-state index in [2.05, 4.69) is 5.32 Å². The van der Waals surface area contributed by atoms with Crippen molar-refractivity contribution in [2.45, 2.75) is 33.6 Å². The van der Waals surface area contributed by atoms with Crippen molar-refractivity contribution in [3.05, 3.63) is 0 Å². The van der Waals surface area contributed by atoms with Gasteiger partial charge < -0.3 is 20.1 Å². The molecular formula is C14H24N2O5. The van der Waals surface area contributed by atoms with Gasteiger partial charge in [0.05, 0.1) is 17.9 Å². The Morgan fingerprint density at radius 2 is 2.05 bits per heavy atom. The molecule has 1 fully saturated rings. The van der Waals surface area contributed by atoms with Crippen molar-refractivity contribution in [3.63, 3.8) is 0 Å². The van der Waals surface area contributed by atoms with Crippen molar-refractivity contribution in [2.24, 2.45) is 11.3 Å². The third kappa shape index (κ3) is 4.91. The van der Waals surface area contributed by atoms with E-state index in [1.165, 1.54) is 0 Å². The normalized spacial score (nSPS) is 19.0. The van der Waals surface area contributed by atoms with Gasteiger partial charge in [-0.1, -0.05) is 0 Å². The average molecular weight is 300 g/mol.